The molecule has 1 aliphatic heterocycles. The highest BCUT2D eigenvalue weighted by atomic mass is 35.5. The van der Waals surface area contributed by atoms with Gasteiger partial charge in [-0.25, -0.2) is 0 Å². The SMILES string of the molecule is S=c1[nH]c2cc(Cl)ccc2n1C1CCCOC1. The first-order valence-corrected chi connectivity index (χ1v) is 6.52. The predicted molar refractivity (Wildman–Crippen MR) is 71.2 cm³/mol. The Morgan fingerprint density at radius 2 is 2.35 bits per heavy atom. The number of rotatable bonds is 1. The summed E-state index contributed by atoms with van der Waals surface area (Å²) in [6.45, 7) is 1.60. The normalized spacial score (nSPS) is 20.9. The van der Waals surface area contributed by atoms with Crippen molar-refractivity contribution in [2.75, 3.05) is 13.2 Å². The highest BCUT2D eigenvalue weighted by Gasteiger charge is 2.18. The lowest BCUT2D eigenvalue weighted by Crippen LogP contribution is -2.21. The lowest BCUT2D eigenvalue weighted by Gasteiger charge is -2.23. The lowest BCUT2D eigenvalue weighted by atomic mass is 10.1. The van der Waals surface area contributed by atoms with E-state index in [0.717, 1.165) is 46.9 Å². The van der Waals surface area contributed by atoms with Crippen LogP contribution in [-0.2, 0) is 4.74 Å². The van der Waals surface area contributed by atoms with Crippen molar-refractivity contribution in [3.8, 4) is 0 Å². The van der Waals surface area contributed by atoms with Crippen molar-refractivity contribution >= 4 is 34.9 Å². The van der Waals surface area contributed by atoms with Crippen LogP contribution < -0.4 is 0 Å². The van der Waals surface area contributed by atoms with Crippen LogP contribution in [0.1, 0.15) is 18.9 Å². The number of nitrogens with one attached hydrogen (secondary N) is 1. The molecule has 1 N–H and O–H groups in total. The van der Waals surface area contributed by atoms with Crippen LogP contribution in [0.5, 0.6) is 0 Å². The Hall–Kier alpha value is -0.840. The predicted octanol–water partition coefficient (Wildman–Crippen LogP) is 3.70. The maximum absolute atomic E-state index is 5.98. The van der Waals surface area contributed by atoms with E-state index in [1.54, 1.807) is 0 Å². The third kappa shape index (κ3) is 2.01. The molecule has 1 aromatic heterocycles. The number of aromatic amines is 1. The fourth-order valence-electron chi connectivity index (χ4n) is 2.39. The van der Waals surface area contributed by atoms with Gasteiger partial charge in [0.2, 0.25) is 0 Å². The third-order valence-corrected chi connectivity index (χ3v) is 3.71. The average molecular weight is 269 g/mol. The number of imidazole rings is 1. The van der Waals surface area contributed by atoms with Crippen molar-refractivity contribution < 1.29 is 4.74 Å². The summed E-state index contributed by atoms with van der Waals surface area (Å²) in [6, 6.07) is 6.16. The van der Waals surface area contributed by atoms with Crippen molar-refractivity contribution in [3.63, 3.8) is 0 Å². The molecular formula is C12H13ClN2OS. The summed E-state index contributed by atoms with van der Waals surface area (Å²) in [4.78, 5) is 3.20. The highest BCUT2D eigenvalue weighted by molar-refractivity contribution is 7.71. The van der Waals surface area contributed by atoms with Crippen molar-refractivity contribution in [1.29, 1.82) is 0 Å². The molecular weight excluding hydrogens is 256 g/mol. The van der Waals surface area contributed by atoms with Gasteiger partial charge in [0, 0.05) is 11.6 Å². The molecule has 1 aliphatic rings. The highest BCUT2D eigenvalue weighted by Crippen LogP contribution is 2.26. The first-order chi connectivity index (χ1) is 8.25. The van der Waals surface area contributed by atoms with Crippen LogP contribution in [0, 0.1) is 4.77 Å². The van der Waals surface area contributed by atoms with Crippen LogP contribution in [0.25, 0.3) is 11.0 Å². The first-order valence-electron chi connectivity index (χ1n) is 5.73. The number of hydrogen-bond donors (Lipinski definition) is 1. The quantitative estimate of drug-likeness (QED) is 0.799. The molecule has 2 heterocycles. The summed E-state index contributed by atoms with van der Waals surface area (Å²) in [5.74, 6) is 0. The number of ether oxygens (including phenoxy) is 1. The topological polar surface area (TPSA) is 29.9 Å². The molecule has 3 rings (SSSR count). The minimum Gasteiger partial charge on any atom is -0.379 e. The van der Waals surface area contributed by atoms with E-state index >= 15 is 0 Å². The summed E-state index contributed by atoms with van der Waals surface area (Å²) >= 11 is 11.4. The fourth-order valence-corrected chi connectivity index (χ4v) is 2.92. The molecule has 1 unspecified atom stereocenters. The molecule has 1 atom stereocenters. The van der Waals surface area contributed by atoms with Gasteiger partial charge in [0.15, 0.2) is 4.77 Å². The number of H-pyrrole nitrogens is 1. The monoisotopic (exact) mass is 268 g/mol. The van der Waals surface area contributed by atoms with Gasteiger partial charge in [-0.3, -0.25) is 0 Å². The summed E-state index contributed by atoms with van der Waals surface area (Å²) < 4.78 is 8.43. The van der Waals surface area contributed by atoms with Gasteiger partial charge in [-0.2, -0.15) is 0 Å². The molecule has 0 saturated carbocycles. The van der Waals surface area contributed by atoms with Crippen LogP contribution in [0.3, 0.4) is 0 Å². The van der Waals surface area contributed by atoms with Crippen LogP contribution in [0.2, 0.25) is 5.02 Å². The van der Waals surface area contributed by atoms with Gasteiger partial charge in [0.05, 0.1) is 23.7 Å². The van der Waals surface area contributed by atoms with E-state index in [1.807, 2.05) is 18.2 Å². The van der Waals surface area contributed by atoms with E-state index in [2.05, 4.69) is 9.55 Å². The summed E-state index contributed by atoms with van der Waals surface area (Å²) in [5, 5.41) is 0.723. The Kier molecular flexibility index (Phi) is 2.94. The zero-order chi connectivity index (χ0) is 11.8. The minimum atomic E-state index is 0.339. The Morgan fingerprint density at radius 1 is 1.47 bits per heavy atom. The van der Waals surface area contributed by atoms with E-state index in [4.69, 9.17) is 28.6 Å². The molecule has 1 aromatic carbocycles. The lowest BCUT2D eigenvalue weighted by molar-refractivity contribution is 0.0600. The molecule has 1 fully saturated rings. The van der Waals surface area contributed by atoms with Crippen molar-refractivity contribution in [2.45, 2.75) is 18.9 Å². The smallest absolute Gasteiger partial charge is 0.178 e. The van der Waals surface area contributed by atoms with Crippen LogP contribution in [-0.4, -0.2) is 22.8 Å². The fraction of sp³-hybridized carbons (Fsp3) is 0.417. The average Bonchev–Trinajstić information content (AvgIpc) is 2.65. The summed E-state index contributed by atoms with van der Waals surface area (Å²) in [6.07, 6.45) is 2.20. The zero-order valence-electron chi connectivity index (χ0n) is 9.28. The van der Waals surface area contributed by atoms with E-state index in [-0.39, 0.29) is 0 Å². The van der Waals surface area contributed by atoms with Gasteiger partial charge in [-0.15, -0.1) is 0 Å². The van der Waals surface area contributed by atoms with Gasteiger partial charge in [0.25, 0.3) is 0 Å². The molecule has 2 aromatic rings. The molecule has 1 saturated heterocycles. The Morgan fingerprint density at radius 3 is 3.12 bits per heavy atom. The van der Waals surface area contributed by atoms with E-state index in [9.17, 15) is 0 Å². The maximum atomic E-state index is 5.98. The van der Waals surface area contributed by atoms with Crippen LogP contribution in [0.15, 0.2) is 18.2 Å². The molecule has 5 heteroatoms. The molecule has 0 bridgehead atoms. The van der Waals surface area contributed by atoms with Gasteiger partial charge in [-0.05, 0) is 43.3 Å². The molecule has 17 heavy (non-hydrogen) atoms. The number of hydrogen-bond acceptors (Lipinski definition) is 2. The van der Waals surface area contributed by atoms with E-state index in [1.165, 1.54) is 0 Å². The van der Waals surface area contributed by atoms with Crippen molar-refractivity contribution in [2.24, 2.45) is 0 Å². The second kappa shape index (κ2) is 4.44. The molecule has 3 nitrogen and oxygen atoms in total. The van der Waals surface area contributed by atoms with Gasteiger partial charge < -0.3 is 14.3 Å². The Bertz CT molecular complexity index is 598. The zero-order valence-corrected chi connectivity index (χ0v) is 10.9. The molecule has 0 spiro atoms. The summed E-state index contributed by atoms with van der Waals surface area (Å²) in [5.41, 5.74) is 2.10. The second-order valence-electron chi connectivity index (χ2n) is 4.33. The van der Waals surface area contributed by atoms with Crippen LogP contribution in [0.4, 0.5) is 0 Å². The first kappa shape index (κ1) is 11.3. The van der Waals surface area contributed by atoms with Crippen LogP contribution >= 0.6 is 23.8 Å². The van der Waals surface area contributed by atoms with Crippen molar-refractivity contribution in [3.05, 3.63) is 28.0 Å². The molecule has 0 amide bonds. The van der Waals surface area contributed by atoms with Crippen molar-refractivity contribution in [1.82, 2.24) is 9.55 Å². The standard InChI is InChI=1S/C12H13ClN2OS/c13-8-3-4-11-10(6-8)14-12(17)15(11)9-2-1-5-16-7-9/h3-4,6,9H,1-2,5,7H2,(H,14,17). The Balaban J connectivity index is 2.14. The number of benzene rings is 1. The van der Waals surface area contributed by atoms with E-state index < -0.39 is 0 Å². The number of aromatic nitrogens is 2. The maximum Gasteiger partial charge on any atom is 0.178 e. The molecule has 0 aliphatic carbocycles. The number of nitrogens with zero attached hydrogens (tertiary/aromatic N) is 1. The molecule has 90 valence electrons. The van der Waals surface area contributed by atoms with Gasteiger partial charge in [0.1, 0.15) is 0 Å². The molecule has 0 radical (unpaired) electrons. The number of fused-ring (bicyclic) bond motifs is 1. The van der Waals surface area contributed by atoms with Gasteiger partial charge >= 0.3 is 0 Å². The van der Waals surface area contributed by atoms with Gasteiger partial charge in [-0.1, -0.05) is 11.6 Å². The minimum absolute atomic E-state index is 0.339. The largest absolute Gasteiger partial charge is 0.379 e. The van der Waals surface area contributed by atoms with E-state index in [0.29, 0.717) is 6.04 Å². The third-order valence-electron chi connectivity index (χ3n) is 3.18. The Labute approximate surface area is 109 Å². The second-order valence-corrected chi connectivity index (χ2v) is 5.16. The summed E-state index contributed by atoms with van der Waals surface area (Å²) in [7, 11) is 0. The number of halogens is 1.